The maximum atomic E-state index is 14.4. The molecular weight excluding hydrogens is 478 g/mol. The molecule has 8 nitrogen and oxygen atoms in total. The second-order valence-corrected chi connectivity index (χ2v) is 10.3. The molecule has 192 valence electrons. The van der Waals surface area contributed by atoms with Crippen LogP contribution >= 0.6 is 0 Å². The summed E-state index contributed by atoms with van der Waals surface area (Å²) < 4.78 is 55.6. The molecule has 1 N–H and O–H groups in total. The summed E-state index contributed by atoms with van der Waals surface area (Å²) >= 11 is 0. The van der Waals surface area contributed by atoms with Crippen LogP contribution in [0.5, 0.6) is 0 Å². The van der Waals surface area contributed by atoms with Crippen molar-refractivity contribution in [2.45, 2.75) is 39.3 Å². The van der Waals surface area contributed by atoms with Gasteiger partial charge in [0.25, 0.3) is 0 Å². The molecule has 0 aromatic heterocycles. The summed E-state index contributed by atoms with van der Waals surface area (Å²) in [6.45, 7) is 2.97. The van der Waals surface area contributed by atoms with Crippen LogP contribution in [0.25, 0.3) is 0 Å². The molecule has 1 atom stereocenters. The molecular formula is C24H32F2N4O4S. The Morgan fingerprint density at radius 1 is 1.03 bits per heavy atom. The van der Waals surface area contributed by atoms with Crippen LogP contribution in [0.2, 0.25) is 0 Å². The Morgan fingerprint density at radius 3 is 2.23 bits per heavy atom. The molecule has 2 amide bonds. The van der Waals surface area contributed by atoms with Crippen molar-refractivity contribution < 1.29 is 26.8 Å². The van der Waals surface area contributed by atoms with E-state index in [9.17, 15) is 26.8 Å². The fourth-order valence-corrected chi connectivity index (χ4v) is 4.31. The Bertz CT molecular complexity index is 1110. The maximum absolute atomic E-state index is 14.4. The monoisotopic (exact) mass is 510 g/mol. The number of nitrogens with one attached hydrogen (secondary N) is 1. The van der Waals surface area contributed by atoms with Crippen molar-refractivity contribution in [3.63, 3.8) is 0 Å². The maximum Gasteiger partial charge on any atom is 0.304 e. The van der Waals surface area contributed by atoms with Gasteiger partial charge in [-0.25, -0.2) is 13.1 Å². The number of rotatable bonds is 12. The summed E-state index contributed by atoms with van der Waals surface area (Å²) in [5.41, 5.74) is 0.247. The Morgan fingerprint density at radius 2 is 1.66 bits per heavy atom. The topological polar surface area (TPSA) is 90.0 Å². The SMILES string of the molecule is CCCCNC(=O)[C@@H](C)N(Cc1ccccc1F)C(=O)CN(c1ccc(F)cc1)S(=O)(=O)N(C)C. The molecule has 0 saturated heterocycles. The van der Waals surface area contributed by atoms with E-state index in [1.165, 1.54) is 51.4 Å². The molecule has 2 rings (SSSR count). The molecule has 2 aromatic carbocycles. The van der Waals surface area contributed by atoms with E-state index in [0.717, 1.165) is 38.5 Å². The fraction of sp³-hybridized carbons (Fsp3) is 0.417. The summed E-state index contributed by atoms with van der Waals surface area (Å²) in [6.07, 6.45) is 1.61. The van der Waals surface area contributed by atoms with Gasteiger partial charge in [0, 0.05) is 32.7 Å². The van der Waals surface area contributed by atoms with Crippen molar-refractivity contribution in [3.05, 3.63) is 65.7 Å². The lowest BCUT2D eigenvalue weighted by molar-refractivity contribution is -0.139. The van der Waals surface area contributed by atoms with Crippen molar-refractivity contribution >= 4 is 27.7 Å². The molecule has 0 saturated carbocycles. The first kappa shape index (κ1) is 28.2. The number of anilines is 1. The average Bonchev–Trinajstić information content (AvgIpc) is 2.82. The van der Waals surface area contributed by atoms with Gasteiger partial charge in [0.1, 0.15) is 24.2 Å². The molecule has 0 aliphatic heterocycles. The number of hydrogen-bond donors (Lipinski definition) is 1. The minimum absolute atomic E-state index is 0.0688. The van der Waals surface area contributed by atoms with Gasteiger partial charge in [-0.05, 0) is 43.7 Å². The molecule has 0 bridgehead atoms. The molecule has 0 radical (unpaired) electrons. The van der Waals surface area contributed by atoms with E-state index < -0.39 is 46.2 Å². The number of halogens is 2. The summed E-state index contributed by atoms with van der Waals surface area (Å²) in [5, 5.41) is 2.75. The summed E-state index contributed by atoms with van der Waals surface area (Å²) in [6, 6.07) is 9.49. The number of hydrogen-bond acceptors (Lipinski definition) is 4. The first-order valence-electron chi connectivity index (χ1n) is 11.2. The second-order valence-electron chi connectivity index (χ2n) is 8.21. The Kier molecular flexibility index (Phi) is 10.1. The van der Waals surface area contributed by atoms with Gasteiger partial charge in [-0.15, -0.1) is 0 Å². The lowest BCUT2D eigenvalue weighted by Gasteiger charge is -2.32. The number of unbranched alkanes of at least 4 members (excludes halogenated alkanes) is 1. The molecule has 0 aliphatic carbocycles. The number of carbonyl (C=O) groups excluding carboxylic acids is 2. The molecule has 0 spiro atoms. The van der Waals surface area contributed by atoms with Crippen LogP contribution in [-0.4, -0.2) is 62.7 Å². The highest BCUT2D eigenvalue weighted by molar-refractivity contribution is 7.90. The van der Waals surface area contributed by atoms with E-state index in [0.29, 0.717) is 6.54 Å². The van der Waals surface area contributed by atoms with Crippen molar-refractivity contribution in [2.24, 2.45) is 0 Å². The summed E-state index contributed by atoms with van der Waals surface area (Å²) in [4.78, 5) is 27.4. The van der Waals surface area contributed by atoms with Crippen LogP contribution in [0.3, 0.4) is 0 Å². The molecule has 2 aromatic rings. The van der Waals surface area contributed by atoms with Crippen molar-refractivity contribution in [1.29, 1.82) is 0 Å². The predicted molar refractivity (Wildman–Crippen MR) is 131 cm³/mol. The normalized spacial score (nSPS) is 12.3. The molecule has 0 aliphatic rings. The molecule has 0 fully saturated rings. The molecule has 11 heteroatoms. The highest BCUT2D eigenvalue weighted by Gasteiger charge is 2.32. The van der Waals surface area contributed by atoms with Crippen molar-refractivity contribution in [2.75, 3.05) is 31.5 Å². The van der Waals surface area contributed by atoms with Crippen LogP contribution in [0, 0.1) is 11.6 Å². The van der Waals surface area contributed by atoms with Crippen LogP contribution in [0.4, 0.5) is 14.5 Å². The van der Waals surface area contributed by atoms with Crippen molar-refractivity contribution in [1.82, 2.24) is 14.5 Å². The van der Waals surface area contributed by atoms with Gasteiger partial charge in [-0.1, -0.05) is 31.5 Å². The van der Waals surface area contributed by atoms with Gasteiger partial charge < -0.3 is 10.2 Å². The van der Waals surface area contributed by atoms with Crippen LogP contribution < -0.4 is 9.62 Å². The first-order valence-corrected chi connectivity index (χ1v) is 12.6. The minimum atomic E-state index is -4.16. The average molecular weight is 511 g/mol. The van der Waals surface area contributed by atoms with E-state index in [4.69, 9.17) is 0 Å². The molecule has 0 unspecified atom stereocenters. The third kappa shape index (κ3) is 7.46. The number of nitrogens with zero attached hydrogens (tertiary/aromatic N) is 3. The zero-order valence-electron chi connectivity index (χ0n) is 20.4. The minimum Gasteiger partial charge on any atom is -0.354 e. The molecule has 35 heavy (non-hydrogen) atoms. The third-order valence-corrected chi connectivity index (χ3v) is 7.25. The second kappa shape index (κ2) is 12.6. The van der Waals surface area contributed by atoms with E-state index in [2.05, 4.69) is 5.32 Å². The van der Waals surface area contributed by atoms with Gasteiger partial charge in [0.15, 0.2) is 0 Å². The standard InChI is InChI=1S/C24H32F2N4O4S/c1-5-6-15-27-24(32)18(2)29(16-19-9-7-8-10-22(19)26)23(31)17-30(35(33,34)28(3)4)21-13-11-20(25)12-14-21/h7-14,18H,5-6,15-17H2,1-4H3,(H,27,32)/t18-/m1/s1. The van der Waals surface area contributed by atoms with Crippen LogP contribution in [0.15, 0.2) is 48.5 Å². The van der Waals surface area contributed by atoms with E-state index in [1.54, 1.807) is 6.07 Å². The quantitative estimate of drug-likeness (QED) is 0.445. The first-order chi connectivity index (χ1) is 16.5. The lowest BCUT2D eigenvalue weighted by atomic mass is 10.1. The molecule has 0 heterocycles. The van der Waals surface area contributed by atoms with E-state index in [-0.39, 0.29) is 17.8 Å². The van der Waals surface area contributed by atoms with Crippen molar-refractivity contribution in [3.8, 4) is 0 Å². The van der Waals surface area contributed by atoms with Gasteiger partial charge >= 0.3 is 10.2 Å². The Balaban J connectivity index is 2.42. The number of benzene rings is 2. The third-order valence-electron chi connectivity index (χ3n) is 5.43. The Hall–Kier alpha value is -3.05. The Labute approximate surface area is 205 Å². The van der Waals surface area contributed by atoms with E-state index in [1.807, 2.05) is 6.92 Å². The summed E-state index contributed by atoms with van der Waals surface area (Å²) in [5.74, 6) is -2.28. The largest absolute Gasteiger partial charge is 0.354 e. The van der Waals surface area contributed by atoms with Gasteiger partial charge in [-0.2, -0.15) is 12.7 Å². The van der Waals surface area contributed by atoms with Crippen LogP contribution in [0.1, 0.15) is 32.3 Å². The lowest BCUT2D eigenvalue weighted by Crippen LogP contribution is -2.52. The van der Waals surface area contributed by atoms with Gasteiger partial charge in [0.05, 0.1) is 5.69 Å². The van der Waals surface area contributed by atoms with E-state index >= 15 is 0 Å². The smallest absolute Gasteiger partial charge is 0.304 e. The highest BCUT2D eigenvalue weighted by atomic mass is 32.2. The zero-order valence-corrected chi connectivity index (χ0v) is 21.2. The van der Waals surface area contributed by atoms with Gasteiger partial charge in [-0.3, -0.25) is 9.59 Å². The number of carbonyl (C=O) groups is 2. The summed E-state index contributed by atoms with van der Waals surface area (Å²) in [7, 11) is -1.55. The zero-order chi connectivity index (χ0) is 26.2. The predicted octanol–water partition coefficient (Wildman–Crippen LogP) is 2.91. The fourth-order valence-electron chi connectivity index (χ4n) is 3.25. The number of amides is 2. The van der Waals surface area contributed by atoms with Crippen LogP contribution in [-0.2, 0) is 26.3 Å². The highest BCUT2D eigenvalue weighted by Crippen LogP contribution is 2.21. The van der Waals surface area contributed by atoms with Gasteiger partial charge in [0.2, 0.25) is 11.8 Å².